The van der Waals surface area contributed by atoms with Gasteiger partial charge in [0.1, 0.15) is 10.1 Å². The third-order valence-electron chi connectivity index (χ3n) is 4.57. The van der Waals surface area contributed by atoms with Gasteiger partial charge in [-0.2, -0.15) is 0 Å². The number of nitrogens with zero attached hydrogens (tertiary/aromatic N) is 2. The number of benzene rings is 1. The van der Waals surface area contributed by atoms with Crippen molar-refractivity contribution in [2.24, 2.45) is 5.92 Å². The largest absolute Gasteiger partial charge is 0.493 e. The van der Waals surface area contributed by atoms with Crippen molar-refractivity contribution in [3.8, 4) is 11.5 Å². The summed E-state index contributed by atoms with van der Waals surface area (Å²) in [6.45, 7) is 0.682. The van der Waals surface area contributed by atoms with Gasteiger partial charge in [0.15, 0.2) is 11.5 Å². The molecule has 0 aliphatic heterocycles. The second kappa shape index (κ2) is 7.97. The van der Waals surface area contributed by atoms with Crippen LogP contribution >= 0.6 is 27.5 Å². The third-order valence-corrected chi connectivity index (χ3v) is 5.54. The average molecular weight is 462 g/mol. The van der Waals surface area contributed by atoms with E-state index in [9.17, 15) is 4.79 Å². The van der Waals surface area contributed by atoms with E-state index in [2.05, 4.69) is 20.9 Å². The summed E-state index contributed by atoms with van der Waals surface area (Å²) in [4.78, 5) is 17.2. The lowest BCUT2D eigenvalue weighted by atomic mass is 10.1. The van der Waals surface area contributed by atoms with E-state index in [1.807, 2.05) is 24.3 Å². The lowest BCUT2D eigenvalue weighted by Crippen LogP contribution is -2.16. The number of hydrogen-bond acceptors (Lipinski definition) is 4. The van der Waals surface area contributed by atoms with Gasteiger partial charge in [0.25, 0.3) is 5.56 Å². The molecule has 1 saturated carbocycles. The van der Waals surface area contributed by atoms with Crippen LogP contribution in [0, 0.1) is 5.92 Å². The van der Waals surface area contributed by atoms with Crippen molar-refractivity contribution in [1.29, 1.82) is 0 Å². The van der Waals surface area contributed by atoms with E-state index in [4.69, 9.17) is 21.1 Å². The van der Waals surface area contributed by atoms with E-state index in [1.54, 1.807) is 31.5 Å². The molecule has 4 rings (SSSR count). The van der Waals surface area contributed by atoms with Gasteiger partial charge in [0.2, 0.25) is 0 Å². The van der Waals surface area contributed by atoms with Crippen molar-refractivity contribution in [2.45, 2.75) is 12.8 Å². The van der Waals surface area contributed by atoms with Gasteiger partial charge in [-0.1, -0.05) is 23.7 Å². The maximum Gasteiger partial charge on any atom is 0.272 e. The molecule has 0 saturated heterocycles. The zero-order valence-electron chi connectivity index (χ0n) is 15.2. The van der Waals surface area contributed by atoms with Crippen LogP contribution in [0.3, 0.4) is 0 Å². The highest BCUT2D eigenvalue weighted by Gasteiger charge is 2.23. The van der Waals surface area contributed by atoms with E-state index < -0.39 is 0 Å². The SMILES string of the molecule is COc1cccc(/C=C/c2nc3ccc(Cl)cn3c(=O)c2Br)c1OCC1CC1. The van der Waals surface area contributed by atoms with Crippen LogP contribution in [0.25, 0.3) is 17.8 Å². The molecule has 144 valence electrons. The molecule has 28 heavy (non-hydrogen) atoms. The molecule has 7 heteroatoms. The average Bonchev–Trinajstić information content (AvgIpc) is 3.53. The lowest BCUT2D eigenvalue weighted by Gasteiger charge is -2.13. The summed E-state index contributed by atoms with van der Waals surface area (Å²) in [5, 5.41) is 0.473. The Morgan fingerprint density at radius 2 is 2.11 bits per heavy atom. The Hall–Kier alpha value is -2.31. The first-order valence-corrected chi connectivity index (χ1v) is 10.1. The minimum Gasteiger partial charge on any atom is -0.493 e. The van der Waals surface area contributed by atoms with Crippen molar-refractivity contribution in [2.75, 3.05) is 13.7 Å². The Bertz CT molecular complexity index is 1120. The highest BCUT2D eigenvalue weighted by Crippen LogP contribution is 2.36. The van der Waals surface area contributed by atoms with Gasteiger partial charge >= 0.3 is 0 Å². The van der Waals surface area contributed by atoms with Gasteiger partial charge in [-0.05, 0) is 65.0 Å². The number of halogens is 2. The van der Waals surface area contributed by atoms with Crippen LogP contribution < -0.4 is 15.0 Å². The summed E-state index contributed by atoms with van der Waals surface area (Å²) in [5.74, 6) is 2.02. The Balaban J connectivity index is 1.72. The van der Waals surface area contributed by atoms with Gasteiger partial charge in [-0.3, -0.25) is 9.20 Å². The smallest absolute Gasteiger partial charge is 0.272 e. The van der Waals surface area contributed by atoms with Crippen LogP contribution in [0.4, 0.5) is 0 Å². The van der Waals surface area contributed by atoms with Crippen LogP contribution in [-0.2, 0) is 0 Å². The van der Waals surface area contributed by atoms with Gasteiger partial charge in [0, 0.05) is 11.8 Å². The number of aromatic nitrogens is 2. The Labute approximate surface area is 175 Å². The van der Waals surface area contributed by atoms with Crippen molar-refractivity contribution >= 4 is 45.3 Å². The highest BCUT2D eigenvalue weighted by atomic mass is 79.9. The Morgan fingerprint density at radius 3 is 2.86 bits per heavy atom. The second-order valence-electron chi connectivity index (χ2n) is 6.66. The minimum absolute atomic E-state index is 0.219. The maximum atomic E-state index is 12.6. The fourth-order valence-corrected chi connectivity index (χ4v) is 3.43. The number of ether oxygens (including phenoxy) is 2. The zero-order valence-corrected chi connectivity index (χ0v) is 17.5. The van der Waals surface area contributed by atoms with Crippen LogP contribution in [0.2, 0.25) is 5.02 Å². The van der Waals surface area contributed by atoms with Crippen molar-refractivity contribution in [1.82, 2.24) is 9.38 Å². The van der Waals surface area contributed by atoms with Crippen molar-refractivity contribution in [3.05, 3.63) is 67.6 Å². The molecule has 0 unspecified atom stereocenters. The fraction of sp³-hybridized carbons (Fsp3) is 0.238. The summed E-state index contributed by atoms with van der Waals surface area (Å²) < 4.78 is 13.3. The van der Waals surface area contributed by atoms with E-state index in [0.717, 1.165) is 5.56 Å². The molecule has 2 heterocycles. The van der Waals surface area contributed by atoms with Gasteiger partial charge in [-0.25, -0.2) is 4.98 Å². The first kappa shape index (κ1) is 19.0. The summed E-state index contributed by atoms with van der Waals surface area (Å²) in [6, 6.07) is 9.14. The van der Waals surface area contributed by atoms with Gasteiger partial charge < -0.3 is 9.47 Å². The normalized spacial score (nSPS) is 14.0. The zero-order chi connectivity index (χ0) is 19.7. The molecule has 0 bridgehead atoms. The van der Waals surface area contributed by atoms with E-state index >= 15 is 0 Å². The topological polar surface area (TPSA) is 52.8 Å². The summed E-state index contributed by atoms with van der Waals surface area (Å²) in [6.07, 6.45) is 7.64. The molecule has 3 aromatic rings. The summed E-state index contributed by atoms with van der Waals surface area (Å²) in [5.41, 5.74) is 1.70. The predicted octanol–water partition coefficient (Wildman–Crippen LogP) is 5.08. The van der Waals surface area contributed by atoms with Crippen LogP contribution in [0.1, 0.15) is 24.1 Å². The molecule has 0 radical (unpaired) electrons. The first-order valence-electron chi connectivity index (χ1n) is 8.92. The fourth-order valence-electron chi connectivity index (χ4n) is 2.85. The number of fused-ring (bicyclic) bond motifs is 1. The molecule has 5 nitrogen and oxygen atoms in total. The van der Waals surface area contributed by atoms with Gasteiger partial charge in [-0.15, -0.1) is 0 Å². The monoisotopic (exact) mass is 460 g/mol. The number of pyridine rings is 1. The molecule has 0 N–H and O–H groups in total. The maximum absolute atomic E-state index is 12.6. The van der Waals surface area contributed by atoms with E-state index in [-0.39, 0.29) is 5.56 Å². The third kappa shape index (κ3) is 3.93. The number of rotatable bonds is 6. The first-order chi connectivity index (χ1) is 13.6. The number of para-hydroxylation sites is 1. The summed E-state index contributed by atoms with van der Waals surface area (Å²) in [7, 11) is 1.63. The predicted molar refractivity (Wildman–Crippen MR) is 114 cm³/mol. The van der Waals surface area contributed by atoms with E-state index in [0.29, 0.717) is 44.9 Å². The number of methoxy groups -OCH3 is 1. The standard InChI is InChI=1S/C21H18BrClN2O3/c1-27-17-4-2-3-14(20(17)28-12-13-5-6-13)7-9-16-19(22)21(26)25-11-15(23)8-10-18(25)24-16/h2-4,7-11,13H,5-6,12H2,1H3/b9-7+. The van der Waals surface area contributed by atoms with Gasteiger partial charge in [0.05, 0.1) is 24.4 Å². The molecule has 0 amide bonds. The van der Waals surface area contributed by atoms with Crippen molar-refractivity contribution in [3.63, 3.8) is 0 Å². The molecular weight excluding hydrogens is 444 g/mol. The van der Waals surface area contributed by atoms with Crippen LogP contribution in [0.15, 0.2) is 45.8 Å². The molecule has 1 aromatic carbocycles. The molecular formula is C21H18BrClN2O3. The molecule has 2 aromatic heterocycles. The molecule has 1 aliphatic rings. The molecule has 1 aliphatic carbocycles. The minimum atomic E-state index is -0.219. The Kier molecular flexibility index (Phi) is 5.42. The molecule has 0 spiro atoms. The quantitative estimate of drug-likeness (QED) is 0.514. The second-order valence-corrected chi connectivity index (χ2v) is 7.89. The van der Waals surface area contributed by atoms with E-state index in [1.165, 1.54) is 17.2 Å². The molecule has 0 atom stereocenters. The molecule has 1 fully saturated rings. The van der Waals surface area contributed by atoms with Crippen LogP contribution in [-0.4, -0.2) is 23.1 Å². The highest BCUT2D eigenvalue weighted by molar-refractivity contribution is 9.10. The van der Waals surface area contributed by atoms with Crippen molar-refractivity contribution < 1.29 is 9.47 Å². The van der Waals surface area contributed by atoms with Crippen LogP contribution in [0.5, 0.6) is 11.5 Å². The number of hydrogen-bond donors (Lipinski definition) is 0. The summed E-state index contributed by atoms with van der Waals surface area (Å²) >= 11 is 9.34. The lowest BCUT2D eigenvalue weighted by molar-refractivity contribution is 0.280. The Morgan fingerprint density at radius 1 is 1.29 bits per heavy atom.